The zero-order chi connectivity index (χ0) is 20.5. The van der Waals surface area contributed by atoms with Crippen LogP contribution in [0.15, 0.2) is 46.2 Å². The van der Waals surface area contributed by atoms with Gasteiger partial charge in [0, 0.05) is 26.2 Å². The highest BCUT2D eigenvalue weighted by Gasteiger charge is 2.34. The quantitative estimate of drug-likeness (QED) is 0.635. The van der Waals surface area contributed by atoms with Gasteiger partial charge < -0.3 is 18.8 Å². The van der Waals surface area contributed by atoms with Crippen LogP contribution in [0.25, 0.3) is 10.8 Å². The van der Waals surface area contributed by atoms with Crippen molar-refractivity contribution in [3.05, 3.63) is 47.7 Å². The van der Waals surface area contributed by atoms with Crippen molar-refractivity contribution in [3.63, 3.8) is 0 Å². The number of hydrogen-bond donors (Lipinski definition) is 0. The second kappa shape index (κ2) is 8.08. The number of fused-ring (bicyclic) bond motifs is 1. The lowest BCUT2D eigenvalue weighted by atomic mass is 10.2. The molecule has 0 saturated carbocycles. The Morgan fingerprint density at radius 3 is 2.67 bits per heavy atom. The predicted molar refractivity (Wildman–Crippen MR) is 111 cm³/mol. The van der Waals surface area contributed by atoms with Crippen molar-refractivity contribution in [3.8, 4) is 22.3 Å². The van der Waals surface area contributed by atoms with E-state index in [4.69, 9.17) is 13.9 Å². The summed E-state index contributed by atoms with van der Waals surface area (Å²) in [6.45, 7) is 4.99. The summed E-state index contributed by atoms with van der Waals surface area (Å²) in [5.41, 5.74) is 0. The maximum Gasteiger partial charge on any atom is 0.267 e. The maximum atomic E-state index is 12.9. The first-order valence-electron chi connectivity index (χ1n) is 9.97. The molecular formula is C21H22N4O4S. The Bertz CT molecular complexity index is 1010. The highest BCUT2D eigenvalue weighted by Crippen LogP contribution is 2.32. The van der Waals surface area contributed by atoms with E-state index in [1.807, 2.05) is 46.7 Å². The van der Waals surface area contributed by atoms with Crippen LogP contribution in [0.1, 0.15) is 18.9 Å². The summed E-state index contributed by atoms with van der Waals surface area (Å²) in [4.78, 5) is 18.0. The molecule has 0 spiro atoms. The zero-order valence-corrected chi connectivity index (χ0v) is 17.4. The first-order valence-corrected chi connectivity index (χ1v) is 10.9. The SMILES string of the molecule is C[C@@H](c1nnc(-c2cccs2)o1)N1CCN(C(=O)[C@H]2COc3ccccc3O2)CC1. The van der Waals surface area contributed by atoms with Gasteiger partial charge in [-0.2, -0.15) is 0 Å². The van der Waals surface area contributed by atoms with Crippen molar-refractivity contribution in [1.29, 1.82) is 0 Å². The van der Waals surface area contributed by atoms with Gasteiger partial charge in [-0.15, -0.1) is 21.5 Å². The summed E-state index contributed by atoms with van der Waals surface area (Å²) < 4.78 is 17.4. The number of carbonyl (C=O) groups is 1. The normalized spacial score (nSPS) is 20.2. The third-order valence-electron chi connectivity index (χ3n) is 5.49. The molecule has 5 rings (SSSR count). The number of amides is 1. The van der Waals surface area contributed by atoms with Crippen molar-refractivity contribution >= 4 is 17.2 Å². The number of aromatic nitrogens is 2. The van der Waals surface area contributed by atoms with Gasteiger partial charge in [0.25, 0.3) is 11.8 Å². The molecule has 0 unspecified atom stereocenters. The first kappa shape index (κ1) is 19.1. The molecular weight excluding hydrogens is 404 g/mol. The van der Waals surface area contributed by atoms with Crippen molar-refractivity contribution < 1.29 is 18.7 Å². The van der Waals surface area contributed by atoms with Crippen LogP contribution in [0.2, 0.25) is 0 Å². The number of piperazine rings is 1. The Kier molecular flexibility index (Phi) is 5.14. The number of nitrogens with zero attached hydrogens (tertiary/aromatic N) is 4. The van der Waals surface area contributed by atoms with Gasteiger partial charge in [0.05, 0.1) is 10.9 Å². The van der Waals surface area contributed by atoms with Crippen LogP contribution in [0, 0.1) is 0 Å². The number of thiophene rings is 1. The number of rotatable bonds is 4. The second-order valence-electron chi connectivity index (χ2n) is 7.32. The Morgan fingerprint density at radius 1 is 1.10 bits per heavy atom. The molecule has 1 aromatic carbocycles. The molecule has 3 aromatic rings. The van der Waals surface area contributed by atoms with Gasteiger partial charge in [-0.1, -0.05) is 18.2 Å². The Labute approximate surface area is 178 Å². The first-order chi connectivity index (χ1) is 14.7. The minimum absolute atomic E-state index is 0.00962. The van der Waals surface area contributed by atoms with Gasteiger partial charge in [-0.25, -0.2) is 0 Å². The van der Waals surface area contributed by atoms with Crippen molar-refractivity contribution in [2.45, 2.75) is 19.1 Å². The molecule has 0 bridgehead atoms. The van der Waals surface area contributed by atoms with E-state index in [1.54, 1.807) is 11.3 Å². The Hall–Kier alpha value is -2.91. The third kappa shape index (κ3) is 3.66. The van der Waals surface area contributed by atoms with Gasteiger partial charge in [0.15, 0.2) is 11.5 Å². The molecule has 1 fully saturated rings. The molecule has 2 aliphatic heterocycles. The van der Waals surface area contributed by atoms with Crippen molar-refractivity contribution in [2.75, 3.05) is 32.8 Å². The number of carbonyl (C=O) groups excluding carboxylic acids is 1. The largest absolute Gasteiger partial charge is 0.485 e. The van der Waals surface area contributed by atoms with Crippen LogP contribution in [-0.4, -0.2) is 64.8 Å². The highest BCUT2D eigenvalue weighted by molar-refractivity contribution is 7.13. The van der Waals surface area contributed by atoms with E-state index in [0.717, 1.165) is 18.0 Å². The summed E-state index contributed by atoms with van der Waals surface area (Å²) in [6.07, 6.45) is -0.604. The third-order valence-corrected chi connectivity index (χ3v) is 6.35. The predicted octanol–water partition coefficient (Wildman–Crippen LogP) is 2.84. The van der Waals surface area contributed by atoms with Crippen LogP contribution in [0.5, 0.6) is 11.5 Å². The standard InChI is InChI=1S/C21H22N4O4S/c1-14(19-22-23-20(29-19)18-7-4-12-30-18)24-8-10-25(11-9-24)21(26)17-13-27-15-5-2-3-6-16(15)28-17/h2-7,12,14,17H,8-11,13H2,1H3/t14-,17+/m0/s1. The topological polar surface area (TPSA) is 80.9 Å². The summed E-state index contributed by atoms with van der Waals surface area (Å²) in [6, 6.07) is 11.3. The van der Waals surface area contributed by atoms with Crippen LogP contribution < -0.4 is 9.47 Å². The summed E-state index contributed by atoms with van der Waals surface area (Å²) in [7, 11) is 0. The van der Waals surface area contributed by atoms with Crippen molar-refractivity contribution in [2.24, 2.45) is 0 Å². The lowest BCUT2D eigenvalue weighted by molar-refractivity contribution is -0.143. The smallest absolute Gasteiger partial charge is 0.267 e. The lowest BCUT2D eigenvalue weighted by Crippen LogP contribution is -2.54. The maximum absolute atomic E-state index is 12.9. The van der Waals surface area contributed by atoms with E-state index in [-0.39, 0.29) is 18.6 Å². The fourth-order valence-electron chi connectivity index (χ4n) is 3.73. The number of ether oxygens (including phenoxy) is 2. The molecule has 2 aromatic heterocycles. The van der Waals surface area contributed by atoms with E-state index in [0.29, 0.717) is 36.4 Å². The molecule has 0 aliphatic carbocycles. The molecule has 0 N–H and O–H groups in total. The minimum atomic E-state index is -0.604. The number of para-hydroxylation sites is 2. The molecule has 1 amide bonds. The molecule has 1 saturated heterocycles. The van der Waals surface area contributed by atoms with Crippen molar-refractivity contribution in [1.82, 2.24) is 20.0 Å². The summed E-state index contributed by atoms with van der Waals surface area (Å²) >= 11 is 1.57. The molecule has 2 aliphatic rings. The number of hydrogen-bond acceptors (Lipinski definition) is 8. The van der Waals surface area contributed by atoms with Gasteiger partial charge in [-0.05, 0) is 30.5 Å². The summed E-state index contributed by atoms with van der Waals surface area (Å²) in [5.74, 6) is 2.41. The molecule has 9 heteroatoms. The fourth-order valence-corrected chi connectivity index (χ4v) is 4.38. The average Bonchev–Trinajstić information content (AvgIpc) is 3.50. The van der Waals surface area contributed by atoms with E-state index in [2.05, 4.69) is 22.0 Å². The second-order valence-corrected chi connectivity index (χ2v) is 8.27. The van der Waals surface area contributed by atoms with Gasteiger partial charge in [-0.3, -0.25) is 9.69 Å². The highest BCUT2D eigenvalue weighted by atomic mass is 32.1. The minimum Gasteiger partial charge on any atom is -0.485 e. The van der Waals surface area contributed by atoms with Crippen LogP contribution >= 0.6 is 11.3 Å². The summed E-state index contributed by atoms with van der Waals surface area (Å²) in [5, 5.41) is 10.4. The molecule has 2 atom stereocenters. The average molecular weight is 426 g/mol. The Morgan fingerprint density at radius 2 is 1.90 bits per heavy atom. The monoisotopic (exact) mass is 426 g/mol. The number of benzene rings is 1. The van der Waals surface area contributed by atoms with E-state index in [9.17, 15) is 4.79 Å². The molecule has 8 nitrogen and oxygen atoms in total. The zero-order valence-electron chi connectivity index (χ0n) is 16.6. The van der Waals surface area contributed by atoms with E-state index < -0.39 is 6.10 Å². The van der Waals surface area contributed by atoms with Crippen LogP contribution in [-0.2, 0) is 4.79 Å². The van der Waals surface area contributed by atoms with Crippen LogP contribution in [0.3, 0.4) is 0 Å². The lowest BCUT2D eigenvalue weighted by Gasteiger charge is -2.38. The molecule has 4 heterocycles. The van der Waals surface area contributed by atoms with E-state index >= 15 is 0 Å². The van der Waals surface area contributed by atoms with Gasteiger partial charge in [0.2, 0.25) is 12.0 Å². The molecule has 30 heavy (non-hydrogen) atoms. The molecule has 156 valence electrons. The van der Waals surface area contributed by atoms with E-state index in [1.165, 1.54) is 0 Å². The fraction of sp³-hybridized carbons (Fsp3) is 0.381. The Balaban J connectivity index is 1.18. The van der Waals surface area contributed by atoms with Crippen LogP contribution in [0.4, 0.5) is 0 Å². The van der Waals surface area contributed by atoms with Gasteiger partial charge in [0.1, 0.15) is 6.61 Å². The molecule has 0 radical (unpaired) electrons. The van der Waals surface area contributed by atoms with Gasteiger partial charge >= 0.3 is 0 Å².